The molecule has 0 amide bonds. The lowest BCUT2D eigenvalue weighted by molar-refractivity contribution is 0.459. The molecule has 0 radical (unpaired) electrons. The van der Waals surface area contributed by atoms with Crippen LogP contribution in [0.3, 0.4) is 0 Å². The average molecular weight is 223 g/mol. The molecule has 0 aliphatic rings. The van der Waals surface area contributed by atoms with Crippen molar-refractivity contribution in [1.29, 1.82) is 0 Å². The number of hydrogen-bond acceptors (Lipinski definition) is 2. The molecule has 1 heterocycles. The lowest BCUT2D eigenvalue weighted by Gasteiger charge is -2.17. The maximum Gasteiger partial charge on any atom is 0.0644 e. The lowest BCUT2D eigenvalue weighted by atomic mass is 10.0. The van der Waals surface area contributed by atoms with Crippen LogP contribution in [-0.4, -0.2) is 16.3 Å². The Morgan fingerprint density at radius 1 is 1.31 bits per heavy atom. The van der Waals surface area contributed by atoms with Crippen LogP contribution < -0.4 is 5.32 Å². The monoisotopic (exact) mass is 223 g/mol. The van der Waals surface area contributed by atoms with Crippen molar-refractivity contribution in [1.82, 2.24) is 15.1 Å². The molecule has 1 aromatic rings. The quantitative estimate of drug-likeness (QED) is 0.832. The fourth-order valence-electron chi connectivity index (χ4n) is 2.04. The third kappa shape index (κ3) is 2.85. The van der Waals surface area contributed by atoms with Crippen molar-refractivity contribution in [2.45, 2.75) is 47.1 Å². The Labute approximate surface area is 99.2 Å². The first kappa shape index (κ1) is 13.2. The second kappa shape index (κ2) is 5.48. The highest BCUT2D eigenvalue weighted by Gasteiger charge is 2.15. The maximum atomic E-state index is 4.46. The highest BCUT2D eigenvalue weighted by molar-refractivity contribution is 5.27. The van der Waals surface area contributed by atoms with Gasteiger partial charge < -0.3 is 5.32 Å². The van der Waals surface area contributed by atoms with Crippen LogP contribution in [0.4, 0.5) is 0 Å². The molecule has 16 heavy (non-hydrogen) atoms. The SMILES string of the molecule is CCC(C)CNC(C)c1c(C)nn(C)c1C. The highest BCUT2D eigenvalue weighted by atomic mass is 15.3. The molecular formula is C13H25N3. The van der Waals surface area contributed by atoms with Crippen molar-refractivity contribution < 1.29 is 0 Å². The first-order valence-electron chi connectivity index (χ1n) is 6.20. The van der Waals surface area contributed by atoms with E-state index in [1.165, 1.54) is 17.7 Å². The fourth-order valence-corrected chi connectivity index (χ4v) is 2.04. The van der Waals surface area contributed by atoms with Crippen molar-refractivity contribution in [2.24, 2.45) is 13.0 Å². The summed E-state index contributed by atoms with van der Waals surface area (Å²) in [6, 6.07) is 0.391. The van der Waals surface area contributed by atoms with Gasteiger partial charge in [0.1, 0.15) is 0 Å². The zero-order valence-corrected chi connectivity index (χ0v) is 11.5. The molecule has 0 spiro atoms. The second-order valence-electron chi connectivity index (χ2n) is 4.85. The van der Waals surface area contributed by atoms with E-state index in [2.05, 4.69) is 45.0 Å². The van der Waals surface area contributed by atoms with Crippen LogP contribution in [0.25, 0.3) is 0 Å². The summed E-state index contributed by atoms with van der Waals surface area (Å²) >= 11 is 0. The van der Waals surface area contributed by atoms with E-state index in [1.54, 1.807) is 0 Å². The smallest absolute Gasteiger partial charge is 0.0644 e. The Morgan fingerprint density at radius 2 is 1.94 bits per heavy atom. The number of nitrogens with zero attached hydrogens (tertiary/aromatic N) is 2. The van der Waals surface area contributed by atoms with Crippen LogP contribution in [0.15, 0.2) is 0 Å². The van der Waals surface area contributed by atoms with E-state index in [-0.39, 0.29) is 0 Å². The summed E-state index contributed by atoms with van der Waals surface area (Å²) in [6.45, 7) is 12.0. The van der Waals surface area contributed by atoms with Crippen LogP contribution in [0, 0.1) is 19.8 Å². The van der Waals surface area contributed by atoms with Gasteiger partial charge in [0, 0.05) is 24.3 Å². The molecule has 0 fully saturated rings. The Morgan fingerprint density at radius 3 is 2.38 bits per heavy atom. The van der Waals surface area contributed by atoms with Crippen LogP contribution in [0.1, 0.15) is 50.2 Å². The molecule has 1 N–H and O–H groups in total. The molecule has 0 aliphatic heterocycles. The van der Waals surface area contributed by atoms with Gasteiger partial charge in [0.25, 0.3) is 0 Å². The molecule has 2 atom stereocenters. The fraction of sp³-hybridized carbons (Fsp3) is 0.769. The third-order valence-corrected chi connectivity index (χ3v) is 3.47. The Hall–Kier alpha value is -0.830. The van der Waals surface area contributed by atoms with E-state index in [0.29, 0.717) is 6.04 Å². The standard InChI is InChI=1S/C13H25N3/c1-7-9(2)8-14-10(3)13-11(4)15-16(6)12(13)5/h9-10,14H,7-8H2,1-6H3. The predicted molar refractivity (Wildman–Crippen MR) is 68.6 cm³/mol. The summed E-state index contributed by atoms with van der Waals surface area (Å²) in [5.74, 6) is 0.736. The minimum absolute atomic E-state index is 0.391. The molecule has 3 nitrogen and oxygen atoms in total. The van der Waals surface area contributed by atoms with Gasteiger partial charge >= 0.3 is 0 Å². The normalized spacial score (nSPS) is 15.1. The van der Waals surface area contributed by atoms with E-state index in [4.69, 9.17) is 0 Å². The van der Waals surface area contributed by atoms with E-state index < -0.39 is 0 Å². The number of aromatic nitrogens is 2. The number of hydrogen-bond donors (Lipinski definition) is 1. The van der Waals surface area contributed by atoms with Crippen LogP contribution in [-0.2, 0) is 7.05 Å². The molecule has 1 rings (SSSR count). The Kier molecular flexibility index (Phi) is 4.54. The maximum absolute atomic E-state index is 4.46. The average Bonchev–Trinajstić information content (AvgIpc) is 2.49. The number of nitrogens with one attached hydrogen (secondary N) is 1. The molecular weight excluding hydrogens is 198 g/mol. The van der Waals surface area contributed by atoms with Crippen LogP contribution >= 0.6 is 0 Å². The van der Waals surface area contributed by atoms with Crippen molar-refractivity contribution in [3.8, 4) is 0 Å². The number of aryl methyl sites for hydroxylation is 2. The molecule has 3 heteroatoms. The lowest BCUT2D eigenvalue weighted by Crippen LogP contribution is -2.25. The van der Waals surface area contributed by atoms with E-state index in [9.17, 15) is 0 Å². The van der Waals surface area contributed by atoms with Crippen LogP contribution in [0.5, 0.6) is 0 Å². The summed E-state index contributed by atoms with van der Waals surface area (Å²) in [5, 5.41) is 8.05. The second-order valence-corrected chi connectivity index (χ2v) is 4.85. The first-order chi connectivity index (χ1) is 7.47. The van der Waals surface area contributed by atoms with Crippen LogP contribution in [0.2, 0.25) is 0 Å². The van der Waals surface area contributed by atoms with E-state index >= 15 is 0 Å². The Balaban J connectivity index is 2.69. The molecule has 1 aromatic heterocycles. The van der Waals surface area contributed by atoms with Gasteiger partial charge in [0.15, 0.2) is 0 Å². The summed E-state index contributed by atoms with van der Waals surface area (Å²) in [7, 11) is 2.01. The summed E-state index contributed by atoms with van der Waals surface area (Å²) in [6.07, 6.45) is 1.23. The highest BCUT2D eigenvalue weighted by Crippen LogP contribution is 2.20. The topological polar surface area (TPSA) is 29.9 Å². The van der Waals surface area contributed by atoms with Gasteiger partial charge in [-0.15, -0.1) is 0 Å². The molecule has 0 saturated heterocycles. The third-order valence-electron chi connectivity index (χ3n) is 3.47. The zero-order valence-electron chi connectivity index (χ0n) is 11.5. The van der Waals surface area contributed by atoms with Gasteiger partial charge in [0.05, 0.1) is 5.69 Å². The predicted octanol–water partition coefficient (Wildman–Crippen LogP) is 2.73. The number of rotatable bonds is 5. The van der Waals surface area contributed by atoms with E-state index in [1.807, 2.05) is 11.7 Å². The van der Waals surface area contributed by atoms with Crippen molar-refractivity contribution in [3.05, 3.63) is 17.0 Å². The summed E-state index contributed by atoms with van der Waals surface area (Å²) in [4.78, 5) is 0. The molecule has 0 aliphatic carbocycles. The molecule has 0 aromatic carbocycles. The van der Waals surface area contributed by atoms with Gasteiger partial charge in [-0.3, -0.25) is 4.68 Å². The van der Waals surface area contributed by atoms with Gasteiger partial charge in [-0.1, -0.05) is 20.3 Å². The minimum atomic E-state index is 0.391. The largest absolute Gasteiger partial charge is 0.310 e. The van der Waals surface area contributed by atoms with Crippen molar-refractivity contribution in [2.75, 3.05) is 6.54 Å². The van der Waals surface area contributed by atoms with Gasteiger partial charge in [0.2, 0.25) is 0 Å². The minimum Gasteiger partial charge on any atom is -0.310 e. The van der Waals surface area contributed by atoms with Gasteiger partial charge in [-0.2, -0.15) is 5.10 Å². The molecule has 0 saturated carbocycles. The zero-order chi connectivity index (χ0) is 12.3. The first-order valence-corrected chi connectivity index (χ1v) is 6.20. The van der Waals surface area contributed by atoms with Gasteiger partial charge in [-0.25, -0.2) is 0 Å². The molecule has 92 valence electrons. The van der Waals surface area contributed by atoms with Crippen molar-refractivity contribution >= 4 is 0 Å². The summed E-state index contributed by atoms with van der Waals surface area (Å²) < 4.78 is 1.96. The molecule has 0 bridgehead atoms. The van der Waals surface area contributed by atoms with E-state index in [0.717, 1.165) is 18.2 Å². The molecule has 2 unspecified atom stereocenters. The van der Waals surface area contributed by atoms with Gasteiger partial charge in [-0.05, 0) is 33.2 Å². The summed E-state index contributed by atoms with van der Waals surface area (Å²) in [5.41, 5.74) is 3.76. The van der Waals surface area contributed by atoms with Crippen molar-refractivity contribution in [3.63, 3.8) is 0 Å². The Bertz CT molecular complexity index is 341.